The van der Waals surface area contributed by atoms with Crippen molar-refractivity contribution in [2.45, 2.75) is 39.8 Å². The van der Waals surface area contributed by atoms with Crippen LogP contribution in [0.25, 0.3) is 0 Å². The molecule has 1 N–H and O–H groups in total. The fraction of sp³-hybridized carbons (Fsp3) is 0.688. The summed E-state index contributed by atoms with van der Waals surface area (Å²) in [5.74, 6) is 1.15. The predicted octanol–water partition coefficient (Wildman–Crippen LogP) is 1.89. The lowest BCUT2D eigenvalue weighted by molar-refractivity contribution is 0.312. The van der Waals surface area contributed by atoms with E-state index in [9.17, 15) is 0 Å². The van der Waals surface area contributed by atoms with Crippen LogP contribution in [0.5, 0.6) is 0 Å². The highest BCUT2D eigenvalue weighted by atomic mass is 15.3. The second-order valence-corrected chi connectivity index (χ2v) is 6.00. The summed E-state index contributed by atoms with van der Waals surface area (Å²) < 4.78 is 0. The molecular formula is C16H28N4. The van der Waals surface area contributed by atoms with Crippen molar-refractivity contribution >= 4 is 5.82 Å². The van der Waals surface area contributed by atoms with Gasteiger partial charge in [0, 0.05) is 44.5 Å². The van der Waals surface area contributed by atoms with E-state index in [0.717, 1.165) is 45.0 Å². The van der Waals surface area contributed by atoms with Crippen molar-refractivity contribution in [1.82, 2.24) is 15.2 Å². The van der Waals surface area contributed by atoms with Crippen LogP contribution in [-0.2, 0) is 13.0 Å². The van der Waals surface area contributed by atoms with Crippen LogP contribution < -0.4 is 10.2 Å². The topological polar surface area (TPSA) is 31.4 Å². The number of aromatic nitrogens is 1. The molecule has 1 aliphatic heterocycles. The summed E-state index contributed by atoms with van der Waals surface area (Å²) in [5, 5.41) is 3.50. The van der Waals surface area contributed by atoms with Crippen LogP contribution in [0.4, 0.5) is 5.82 Å². The Labute approximate surface area is 123 Å². The normalized spacial score (nSPS) is 16.9. The van der Waals surface area contributed by atoms with Gasteiger partial charge in [-0.2, -0.15) is 0 Å². The average molecular weight is 276 g/mol. The summed E-state index contributed by atoms with van der Waals surface area (Å²) in [7, 11) is 2.19. The molecule has 0 atom stereocenters. The summed E-state index contributed by atoms with van der Waals surface area (Å²) in [6, 6.07) is 5.00. The lowest BCUT2D eigenvalue weighted by Gasteiger charge is -2.33. The molecule has 1 fully saturated rings. The quantitative estimate of drug-likeness (QED) is 0.890. The molecular weight excluding hydrogens is 248 g/mol. The van der Waals surface area contributed by atoms with Gasteiger partial charge in [-0.05, 0) is 31.2 Å². The van der Waals surface area contributed by atoms with Crippen LogP contribution in [0, 0.1) is 0 Å². The van der Waals surface area contributed by atoms with Crippen LogP contribution in [-0.4, -0.2) is 49.2 Å². The molecule has 0 aromatic carbocycles. The number of piperazine rings is 1. The van der Waals surface area contributed by atoms with Crippen molar-refractivity contribution in [3.05, 3.63) is 23.4 Å². The second-order valence-electron chi connectivity index (χ2n) is 6.00. The Kier molecular flexibility index (Phi) is 5.38. The highest BCUT2D eigenvalue weighted by Gasteiger charge is 2.16. The van der Waals surface area contributed by atoms with Crippen molar-refractivity contribution < 1.29 is 0 Å². The fourth-order valence-corrected chi connectivity index (χ4v) is 2.44. The van der Waals surface area contributed by atoms with E-state index in [0.29, 0.717) is 6.04 Å². The first-order valence-electron chi connectivity index (χ1n) is 7.75. The summed E-state index contributed by atoms with van der Waals surface area (Å²) >= 11 is 0. The molecule has 0 aliphatic carbocycles. The number of aryl methyl sites for hydroxylation is 1. The molecule has 1 aromatic heterocycles. The van der Waals surface area contributed by atoms with Gasteiger partial charge in [-0.3, -0.25) is 0 Å². The largest absolute Gasteiger partial charge is 0.354 e. The van der Waals surface area contributed by atoms with E-state index in [1.54, 1.807) is 0 Å². The van der Waals surface area contributed by atoms with Gasteiger partial charge in [-0.25, -0.2) is 4.98 Å². The maximum Gasteiger partial charge on any atom is 0.129 e. The highest BCUT2D eigenvalue weighted by molar-refractivity contribution is 5.43. The first kappa shape index (κ1) is 15.3. The molecule has 1 aromatic rings. The number of nitrogens with one attached hydrogen (secondary N) is 1. The lowest BCUT2D eigenvalue weighted by Crippen LogP contribution is -2.45. The molecule has 0 spiro atoms. The Hall–Kier alpha value is -1.13. The van der Waals surface area contributed by atoms with Crippen molar-refractivity contribution in [3.63, 3.8) is 0 Å². The standard InChI is InChI=1S/C16H28N4/c1-5-15-10-14(12-17-13(2)3)11-16(18-15)20-8-6-19(4)7-9-20/h10-11,13,17H,5-9,12H2,1-4H3. The molecule has 0 bridgehead atoms. The molecule has 112 valence electrons. The van der Waals surface area contributed by atoms with Crippen LogP contribution >= 0.6 is 0 Å². The summed E-state index contributed by atoms with van der Waals surface area (Å²) in [6.45, 7) is 11.9. The number of nitrogens with zero attached hydrogens (tertiary/aromatic N) is 3. The van der Waals surface area contributed by atoms with Gasteiger partial charge in [0.1, 0.15) is 5.82 Å². The fourth-order valence-electron chi connectivity index (χ4n) is 2.44. The van der Waals surface area contributed by atoms with Gasteiger partial charge in [0.15, 0.2) is 0 Å². The molecule has 20 heavy (non-hydrogen) atoms. The van der Waals surface area contributed by atoms with E-state index < -0.39 is 0 Å². The third-order valence-corrected chi connectivity index (χ3v) is 3.83. The van der Waals surface area contributed by atoms with Crippen molar-refractivity contribution in [3.8, 4) is 0 Å². The second kappa shape index (κ2) is 7.04. The van der Waals surface area contributed by atoms with E-state index >= 15 is 0 Å². The Balaban J connectivity index is 2.12. The first-order chi connectivity index (χ1) is 9.58. The van der Waals surface area contributed by atoms with Crippen LogP contribution in [0.2, 0.25) is 0 Å². The minimum absolute atomic E-state index is 0.514. The Morgan fingerprint density at radius 3 is 2.50 bits per heavy atom. The number of anilines is 1. The number of rotatable bonds is 5. The van der Waals surface area contributed by atoms with E-state index in [2.05, 4.69) is 55.1 Å². The SMILES string of the molecule is CCc1cc(CNC(C)C)cc(N2CCN(C)CC2)n1. The first-order valence-corrected chi connectivity index (χ1v) is 7.75. The van der Waals surface area contributed by atoms with Gasteiger partial charge in [0.25, 0.3) is 0 Å². The molecule has 2 rings (SSSR count). The third kappa shape index (κ3) is 4.18. The van der Waals surface area contributed by atoms with Crippen LogP contribution in [0.1, 0.15) is 32.0 Å². The maximum atomic E-state index is 4.81. The minimum atomic E-state index is 0.514. The monoisotopic (exact) mass is 276 g/mol. The van der Waals surface area contributed by atoms with E-state index in [4.69, 9.17) is 4.98 Å². The van der Waals surface area contributed by atoms with Gasteiger partial charge in [-0.15, -0.1) is 0 Å². The van der Waals surface area contributed by atoms with Gasteiger partial charge >= 0.3 is 0 Å². The maximum absolute atomic E-state index is 4.81. The number of hydrogen-bond acceptors (Lipinski definition) is 4. The van der Waals surface area contributed by atoms with Gasteiger partial charge < -0.3 is 15.1 Å². The zero-order valence-corrected chi connectivity index (χ0v) is 13.3. The Morgan fingerprint density at radius 2 is 1.90 bits per heavy atom. The molecule has 1 saturated heterocycles. The van der Waals surface area contributed by atoms with Crippen LogP contribution in [0.15, 0.2) is 12.1 Å². The summed E-state index contributed by atoms with van der Waals surface area (Å²) in [4.78, 5) is 9.60. The number of likely N-dealkylation sites (N-methyl/N-ethyl adjacent to an activating group) is 1. The van der Waals surface area contributed by atoms with Crippen LogP contribution in [0.3, 0.4) is 0 Å². The lowest BCUT2D eigenvalue weighted by atomic mass is 10.1. The number of pyridine rings is 1. The van der Waals surface area contributed by atoms with Crippen molar-refractivity contribution in [2.24, 2.45) is 0 Å². The molecule has 2 heterocycles. The van der Waals surface area contributed by atoms with Gasteiger partial charge in [0.2, 0.25) is 0 Å². The molecule has 0 saturated carbocycles. The highest BCUT2D eigenvalue weighted by Crippen LogP contribution is 2.17. The Bertz CT molecular complexity index is 422. The van der Waals surface area contributed by atoms with Gasteiger partial charge in [-0.1, -0.05) is 20.8 Å². The Morgan fingerprint density at radius 1 is 1.20 bits per heavy atom. The third-order valence-electron chi connectivity index (χ3n) is 3.83. The summed E-state index contributed by atoms with van der Waals surface area (Å²) in [6.07, 6.45) is 0.996. The van der Waals surface area contributed by atoms with Crippen molar-refractivity contribution in [1.29, 1.82) is 0 Å². The molecule has 0 amide bonds. The predicted molar refractivity (Wildman–Crippen MR) is 85.3 cm³/mol. The molecule has 0 unspecified atom stereocenters. The molecule has 4 nitrogen and oxygen atoms in total. The molecule has 4 heteroatoms. The molecule has 1 aliphatic rings. The zero-order chi connectivity index (χ0) is 14.5. The van der Waals surface area contributed by atoms with E-state index in [1.807, 2.05) is 0 Å². The van der Waals surface area contributed by atoms with Crippen molar-refractivity contribution in [2.75, 3.05) is 38.1 Å². The van der Waals surface area contributed by atoms with E-state index in [-0.39, 0.29) is 0 Å². The smallest absolute Gasteiger partial charge is 0.129 e. The number of hydrogen-bond donors (Lipinski definition) is 1. The zero-order valence-electron chi connectivity index (χ0n) is 13.3. The van der Waals surface area contributed by atoms with Gasteiger partial charge in [0.05, 0.1) is 0 Å². The minimum Gasteiger partial charge on any atom is -0.354 e. The molecule has 0 radical (unpaired) electrons. The average Bonchev–Trinajstić information content (AvgIpc) is 2.45. The summed E-state index contributed by atoms with van der Waals surface area (Å²) in [5.41, 5.74) is 2.54. The van der Waals surface area contributed by atoms with E-state index in [1.165, 1.54) is 11.3 Å².